The van der Waals surface area contributed by atoms with Gasteiger partial charge >= 0.3 is 0 Å². The molecule has 1 saturated carbocycles. The minimum atomic E-state index is 0.273. The molecule has 1 aromatic rings. The van der Waals surface area contributed by atoms with Crippen molar-refractivity contribution in [2.45, 2.75) is 45.1 Å². The average Bonchev–Trinajstić information content (AvgIpc) is 2.39. The molecule has 1 aliphatic rings. The number of aromatic nitrogens is 1. The molecule has 0 spiro atoms. The molecule has 1 aromatic heterocycles. The lowest BCUT2D eigenvalue weighted by Crippen LogP contribution is -2.30. The molecule has 2 rings (SSSR count). The van der Waals surface area contributed by atoms with Crippen molar-refractivity contribution in [1.29, 1.82) is 5.26 Å². The molecular weight excluding hydrogens is 212 g/mol. The maximum atomic E-state index is 8.80. The monoisotopic (exact) mass is 230 g/mol. The zero-order chi connectivity index (χ0) is 12.1. The van der Waals surface area contributed by atoms with E-state index >= 15 is 0 Å². The van der Waals surface area contributed by atoms with Gasteiger partial charge in [-0.2, -0.15) is 5.26 Å². The minimum Gasteiger partial charge on any atom is -0.474 e. The number of hydrogen-bond donors (Lipinski definition) is 0. The summed E-state index contributed by atoms with van der Waals surface area (Å²) < 4.78 is 5.94. The van der Waals surface area contributed by atoms with Crippen molar-refractivity contribution in [3.63, 3.8) is 0 Å². The Labute approximate surface area is 102 Å². The number of nitrogens with zero attached hydrogens (tertiary/aromatic N) is 2. The molecule has 1 fully saturated rings. The summed E-state index contributed by atoms with van der Waals surface area (Å²) in [7, 11) is 0. The molecular formula is C14H18N2O. The Bertz CT molecular complexity index is 411. The first-order valence-corrected chi connectivity index (χ1v) is 6.37. The number of ether oxygens (including phenoxy) is 1. The first-order valence-electron chi connectivity index (χ1n) is 6.37. The fourth-order valence-corrected chi connectivity index (χ4v) is 2.49. The van der Waals surface area contributed by atoms with Crippen LogP contribution in [0.1, 0.15) is 44.7 Å². The van der Waals surface area contributed by atoms with Gasteiger partial charge in [0, 0.05) is 6.07 Å². The normalized spacial score (nSPS) is 24.0. The van der Waals surface area contributed by atoms with E-state index < -0.39 is 0 Å². The highest BCUT2D eigenvalue weighted by molar-refractivity contribution is 5.24. The average molecular weight is 230 g/mol. The smallest absolute Gasteiger partial charge is 0.214 e. The van der Waals surface area contributed by atoms with Gasteiger partial charge in [0.15, 0.2) is 0 Å². The fraction of sp³-hybridized carbons (Fsp3) is 0.571. The van der Waals surface area contributed by atoms with Gasteiger partial charge in [-0.25, -0.2) is 4.98 Å². The second-order valence-corrected chi connectivity index (χ2v) is 4.58. The lowest BCUT2D eigenvalue weighted by molar-refractivity contribution is 0.0858. The van der Waals surface area contributed by atoms with Crippen molar-refractivity contribution in [3.8, 4) is 11.9 Å². The molecule has 0 aromatic carbocycles. The predicted molar refractivity (Wildman–Crippen MR) is 65.6 cm³/mol. The van der Waals surface area contributed by atoms with Gasteiger partial charge < -0.3 is 4.74 Å². The van der Waals surface area contributed by atoms with Crippen LogP contribution < -0.4 is 4.74 Å². The second-order valence-electron chi connectivity index (χ2n) is 4.58. The third-order valence-electron chi connectivity index (χ3n) is 3.47. The molecule has 1 heterocycles. The quantitative estimate of drug-likeness (QED) is 0.800. The zero-order valence-corrected chi connectivity index (χ0v) is 10.2. The van der Waals surface area contributed by atoms with Crippen LogP contribution in [0.4, 0.5) is 0 Å². The Hall–Kier alpha value is -1.56. The van der Waals surface area contributed by atoms with E-state index in [0.29, 0.717) is 17.5 Å². The maximum Gasteiger partial charge on any atom is 0.214 e. The summed E-state index contributed by atoms with van der Waals surface area (Å²) in [6.45, 7) is 2.21. The molecule has 0 saturated heterocycles. The van der Waals surface area contributed by atoms with Crippen LogP contribution in [0.5, 0.6) is 5.88 Å². The molecule has 3 heteroatoms. The topological polar surface area (TPSA) is 45.9 Å². The van der Waals surface area contributed by atoms with Crippen LogP contribution in [0, 0.1) is 17.2 Å². The molecule has 0 aliphatic heterocycles. The first-order chi connectivity index (χ1) is 8.33. The van der Waals surface area contributed by atoms with Crippen LogP contribution in [0.2, 0.25) is 0 Å². The molecule has 0 amide bonds. The van der Waals surface area contributed by atoms with Crippen molar-refractivity contribution in [2.24, 2.45) is 5.92 Å². The van der Waals surface area contributed by atoms with Crippen molar-refractivity contribution in [2.75, 3.05) is 0 Å². The summed E-state index contributed by atoms with van der Waals surface area (Å²) in [6, 6.07) is 7.40. The van der Waals surface area contributed by atoms with E-state index in [4.69, 9.17) is 10.00 Å². The van der Waals surface area contributed by atoms with E-state index in [2.05, 4.69) is 11.9 Å². The summed E-state index contributed by atoms with van der Waals surface area (Å²) in [5.74, 6) is 1.23. The standard InChI is InChI=1S/C14H18N2O/c1-2-11-6-3-4-8-13(11)17-14-9-5-7-12(10-15)16-14/h5,7,9,11,13H,2-4,6,8H2,1H3. The highest BCUT2D eigenvalue weighted by atomic mass is 16.5. The molecule has 0 bridgehead atoms. The molecule has 2 unspecified atom stereocenters. The molecule has 3 nitrogen and oxygen atoms in total. The number of nitriles is 1. The van der Waals surface area contributed by atoms with Gasteiger partial charge in [-0.1, -0.05) is 19.4 Å². The van der Waals surface area contributed by atoms with E-state index in [1.54, 1.807) is 6.07 Å². The maximum absolute atomic E-state index is 8.80. The van der Waals surface area contributed by atoms with E-state index in [9.17, 15) is 0 Å². The third-order valence-corrected chi connectivity index (χ3v) is 3.47. The first kappa shape index (κ1) is 11.9. The summed E-state index contributed by atoms with van der Waals surface area (Å²) in [5, 5.41) is 8.80. The zero-order valence-electron chi connectivity index (χ0n) is 10.2. The van der Waals surface area contributed by atoms with Gasteiger partial charge in [0.2, 0.25) is 5.88 Å². The third kappa shape index (κ3) is 2.97. The Kier molecular flexibility index (Phi) is 3.98. The molecule has 90 valence electrons. The lowest BCUT2D eigenvalue weighted by Gasteiger charge is -2.30. The molecule has 1 aliphatic carbocycles. The van der Waals surface area contributed by atoms with Gasteiger partial charge in [0.25, 0.3) is 0 Å². The van der Waals surface area contributed by atoms with Crippen molar-refractivity contribution < 1.29 is 4.74 Å². The van der Waals surface area contributed by atoms with Crippen LogP contribution in [-0.4, -0.2) is 11.1 Å². The van der Waals surface area contributed by atoms with Gasteiger partial charge in [0.05, 0.1) is 0 Å². The second kappa shape index (κ2) is 5.67. The largest absolute Gasteiger partial charge is 0.474 e. The molecule has 0 N–H and O–H groups in total. The van der Waals surface area contributed by atoms with Crippen LogP contribution in [0.15, 0.2) is 18.2 Å². The number of pyridine rings is 1. The molecule has 2 atom stereocenters. The van der Waals surface area contributed by atoms with E-state index in [0.717, 1.165) is 12.8 Å². The summed E-state index contributed by atoms with van der Waals surface area (Å²) >= 11 is 0. The van der Waals surface area contributed by atoms with Crippen molar-refractivity contribution in [3.05, 3.63) is 23.9 Å². The van der Waals surface area contributed by atoms with Crippen molar-refractivity contribution in [1.82, 2.24) is 4.98 Å². The predicted octanol–water partition coefficient (Wildman–Crippen LogP) is 3.30. The fourth-order valence-electron chi connectivity index (χ4n) is 2.49. The number of rotatable bonds is 3. The summed E-state index contributed by atoms with van der Waals surface area (Å²) in [4.78, 5) is 4.17. The van der Waals surface area contributed by atoms with Crippen LogP contribution in [0.3, 0.4) is 0 Å². The number of hydrogen-bond acceptors (Lipinski definition) is 3. The van der Waals surface area contributed by atoms with E-state index in [1.807, 2.05) is 18.2 Å². The Morgan fingerprint density at radius 2 is 2.24 bits per heavy atom. The summed E-state index contributed by atoms with van der Waals surface area (Å²) in [6.07, 6.45) is 6.33. The van der Waals surface area contributed by atoms with Gasteiger partial charge in [-0.3, -0.25) is 0 Å². The summed E-state index contributed by atoms with van der Waals surface area (Å²) in [5.41, 5.74) is 0.423. The van der Waals surface area contributed by atoms with Crippen molar-refractivity contribution >= 4 is 0 Å². The van der Waals surface area contributed by atoms with Gasteiger partial charge in [-0.15, -0.1) is 0 Å². The Balaban J connectivity index is 2.06. The van der Waals surface area contributed by atoms with Crippen LogP contribution in [0.25, 0.3) is 0 Å². The van der Waals surface area contributed by atoms with Crippen LogP contribution in [-0.2, 0) is 0 Å². The SMILES string of the molecule is CCC1CCCCC1Oc1cccc(C#N)n1. The van der Waals surface area contributed by atoms with Gasteiger partial charge in [-0.05, 0) is 37.7 Å². The van der Waals surface area contributed by atoms with E-state index in [1.165, 1.54) is 19.3 Å². The highest BCUT2D eigenvalue weighted by Crippen LogP contribution is 2.29. The molecule has 0 radical (unpaired) electrons. The van der Waals surface area contributed by atoms with Crippen LogP contribution >= 0.6 is 0 Å². The van der Waals surface area contributed by atoms with Gasteiger partial charge in [0.1, 0.15) is 17.9 Å². The Morgan fingerprint density at radius 3 is 3.00 bits per heavy atom. The Morgan fingerprint density at radius 1 is 1.41 bits per heavy atom. The lowest BCUT2D eigenvalue weighted by atomic mass is 9.85. The minimum absolute atomic E-state index is 0.273. The van der Waals surface area contributed by atoms with E-state index in [-0.39, 0.29) is 6.10 Å². The molecule has 17 heavy (non-hydrogen) atoms. The highest BCUT2D eigenvalue weighted by Gasteiger charge is 2.25.